The van der Waals surface area contributed by atoms with E-state index in [0.29, 0.717) is 12.5 Å². The van der Waals surface area contributed by atoms with E-state index in [4.69, 9.17) is 4.74 Å². The van der Waals surface area contributed by atoms with Gasteiger partial charge in [0.25, 0.3) is 0 Å². The topological polar surface area (TPSA) is 26.5 Å². The van der Waals surface area contributed by atoms with Gasteiger partial charge in [-0.05, 0) is 18.9 Å². The summed E-state index contributed by atoms with van der Waals surface area (Å²) in [6, 6.07) is 3.99. The van der Waals surface area contributed by atoms with Crippen LogP contribution in [0.25, 0.3) is 5.52 Å². The van der Waals surface area contributed by atoms with Crippen LogP contribution >= 0.6 is 0 Å². The summed E-state index contributed by atoms with van der Waals surface area (Å²) >= 11 is 0. The molecule has 2 aromatic heterocycles. The van der Waals surface area contributed by atoms with Crippen molar-refractivity contribution in [1.29, 1.82) is 0 Å². The van der Waals surface area contributed by atoms with Gasteiger partial charge in [0.15, 0.2) is 0 Å². The fraction of sp³-hybridized carbons (Fsp3) is 0.417. The van der Waals surface area contributed by atoms with E-state index in [2.05, 4.69) is 18.9 Å². The summed E-state index contributed by atoms with van der Waals surface area (Å²) in [6.45, 7) is 7.03. The van der Waals surface area contributed by atoms with E-state index in [0.717, 1.165) is 11.3 Å². The summed E-state index contributed by atoms with van der Waals surface area (Å²) in [5.41, 5.74) is 2.40. The molecular weight excluding hydrogens is 188 g/mol. The number of nitrogens with zero attached hydrogens (tertiary/aromatic N) is 2. The molecule has 80 valence electrons. The number of hydrogen-bond acceptors (Lipinski definition) is 2. The summed E-state index contributed by atoms with van der Waals surface area (Å²) in [6.07, 6.45) is 3.86. The molecule has 0 N–H and O–H groups in total. The van der Waals surface area contributed by atoms with Gasteiger partial charge in [-0.2, -0.15) is 5.10 Å². The number of hydrogen-bond donors (Lipinski definition) is 0. The van der Waals surface area contributed by atoms with Crippen molar-refractivity contribution in [2.75, 3.05) is 6.61 Å². The smallest absolute Gasteiger partial charge is 0.122 e. The van der Waals surface area contributed by atoms with Gasteiger partial charge in [0.1, 0.15) is 5.75 Å². The molecule has 0 spiro atoms. The zero-order chi connectivity index (χ0) is 10.8. The van der Waals surface area contributed by atoms with Gasteiger partial charge < -0.3 is 4.74 Å². The van der Waals surface area contributed by atoms with Gasteiger partial charge >= 0.3 is 0 Å². The predicted octanol–water partition coefficient (Wildman–Crippen LogP) is 2.86. The average Bonchev–Trinajstić information content (AvgIpc) is 2.61. The molecule has 0 bridgehead atoms. The fourth-order valence-electron chi connectivity index (χ4n) is 1.68. The fourth-order valence-corrected chi connectivity index (χ4v) is 1.68. The highest BCUT2D eigenvalue weighted by atomic mass is 16.5. The first-order valence-electron chi connectivity index (χ1n) is 5.32. The lowest BCUT2D eigenvalue weighted by molar-refractivity contribution is 0.340. The highest BCUT2D eigenvalue weighted by Gasteiger charge is 2.08. The SMILES string of the molecule is CCOc1ccn2ncc(C(C)C)c2c1. The van der Waals surface area contributed by atoms with Crippen LogP contribution in [0.2, 0.25) is 0 Å². The maximum absolute atomic E-state index is 5.48. The molecule has 2 heterocycles. The molecule has 0 radical (unpaired) electrons. The summed E-state index contributed by atoms with van der Waals surface area (Å²) in [4.78, 5) is 0. The van der Waals surface area contributed by atoms with E-state index in [1.165, 1.54) is 5.56 Å². The van der Waals surface area contributed by atoms with Crippen LogP contribution in [0, 0.1) is 0 Å². The van der Waals surface area contributed by atoms with Crippen LogP contribution in [0.4, 0.5) is 0 Å². The summed E-state index contributed by atoms with van der Waals surface area (Å²) < 4.78 is 7.36. The van der Waals surface area contributed by atoms with Crippen molar-refractivity contribution in [1.82, 2.24) is 9.61 Å². The van der Waals surface area contributed by atoms with Crippen molar-refractivity contribution < 1.29 is 4.74 Å². The van der Waals surface area contributed by atoms with Crippen molar-refractivity contribution in [3.8, 4) is 5.75 Å². The lowest BCUT2D eigenvalue weighted by Crippen LogP contribution is -1.94. The van der Waals surface area contributed by atoms with Gasteiger partial charge in [-0.3, -0.25) is 0 Å². The second kappa shape index (κ2) is 3.93. The molecule has 0 aliphatic heterocycles. The van der Waals surface area contributed by atoms with Gasteiger partial charge in [-0.1, -0.05) is 13.8 Å². The lowest BCUT2D eigenvalue weighted by atomic mass is 10.1. The van der Waals surface area contributed by atoms with Crippen molar-refractivity contribution in [2.24, 2.45) is 0 Å². The van der Waals surface area contributed by atoms with Gasteiger partial charge in [-0.15, -0.1) is 0 Å². The Morgan fingerprint density at radius 1 is 1.47 bits per heavy atom. The number of pyridine rings is 1. The zero-order valence-electron chi connectivity index (χ0n) is 9.40. The molecule has 0 fully saturated rings. The third-order valence-corrected chi connectivity index (χ3v) is 2.46. The molecule has 0 aliphatic carbocycles. The van der Waals surface area contributed by atoms with E-state index < -0.39 is 0 Å². The number of aromatic nitrogens is 2. The molecule has 2 rings (SSSR count). The van der Waals surface area contributed by atoms with E-state index in [-0.39, 0.29) is 0 Å². The highest BCUT2D eigenvalue weighted by molar-refractivity contribution is 5.57. The van der Waals surface area contributed by atoms with Crippen LogP contribution in [-0.2, 0) is 0 Å². The number of fused-ring (bicyclic) bond motifs is 1. The molecule has 2 aromatic rings. The van der Waals surface area contributed by atoms with Gasteiger partial charge in [0.2, 0.25) is 0 Å². The van der Waals surface area contributed by atoms with E-state index in [1.807, 2.05) is 36.0 Å². The molecule has 0 unspecified atom stereocenters. The minimum Gasteiger partial charge on any atom is -0.494 e. The Balaban J connectivity index is 2.51. The van der Waals surface area contributed by atoms with Crippen molar-refractivity contribution >= 4 is 5.52 Å². The maximum atomic E-state index is 5.48. The van der Waals surface area contributed by atoms with Crippen molar-refractivity contribution in [3.63, 3.8) is 0 Å². The summed E-state index contributed by atoms with van der Waals surface area (Å²) in [7, 11) is 0. The second-order valence-corrected chi connectivity index (χ2v) is 3.88. The van der Waals surface area contributed by atoms with Crippen LogP contribution in [-0.4, -0.2) is 16.2 Å². The van der Waals surface area contributed by atoms with Crippen LogP contribution in [0.5, 0.6) is 5.75 Å². The molecule has 3 heteroatoms. The standard InChI is InChI=1S/C12H16N2O/c1-4-15-10-5-6-14-12(7-10)11(8-13-14)9(2)3/h5-9H,4H2,1-3H3. The maximum Gasteiger partial charge on any atom is 0.122 e. The molecule has 0 aliphatic rings. The minimum absolute atomic E-state index is 0.486. The predicted molar refractivity (Wildman–Crippen MR) is 60.5 cm³/mol. The Morgan fingerprint density at radius 2 is 2.27 bits per heavy atom. The Hall–Kier alpha value is -1.51. The molecule has 15 heavy (non-hydrogen) atoms. The quantitative estimate of drug-likeness (QED) is 0.768. The monoisotopic (exact) mass is 204 g/mol. The normalized spacial score (nSPS) is 11.2. The Kier molecular flexibility index (Phi) is 2.62. The average molecular weight is 204 g/mol. The highest BCUT2D eigenvalue weighted by Crippen LogP contribution is 2.23. The first kappa shape index (κ1) is 10.0. The van der Waals surface area contributed by atoms with Gasteiger partial charge in [-0.25, -0.2) is 4.52 Å². The summed E-state index contributed by atoms with van der Waals surface area (Å²) in [5, 5.41) is 4.30. The number of ether oxygens (including phenoxy) is 1. The second-order valence-electron chi connectivity index (χ2n) is 3.88. The number of rotatable bonds is 3. The molecule has 3 nitrogen and oxygen atoms in total. The van der Waals surface area contributed by atoms with Crippen LogP contribution in [0.3, 0.4) is 0 Å². The van der Waals surface area contributed by atoms with E-state index in [1.54, 1.807) is 0 Å². The molecule has 0 amide bonds. The summed E-state index contributed by atoms with van der Waals surface area (Å²) in [5.74, 6) is 1.40. The van der Waals surface area contributed by atoms with Crippen LogP contribution < -0.4 is 4.74 Å². The third kappa shape index (κ3) is 1.82. The van der Waals surface area contributed by atoms with Gasteiger partial charge in [0, 0.05) is 17.8 Å². The minimum atomic E-state index is 0.486. The van der Waals surface area contributed by atoms with Crippen LogP contribution in [0.1, 0.15) is 32.3 Å². The van der Waals surface area contributed by atoms with E-state index >= 15 is 0 Å². The first-order chi connectivity index (χ1) is 7.22. The Morgan fingerprint density at radius 3 is 2.93 bits per heavy atom. The first-order valence-corrected chi connectivity index (χ1v) is 5.32. The molecule has 0 saturated heterocycles. The Labute approximate surface area is 89.7 Å². The van der Waals surface area contributed by atoms with Crippen molar-refractivity contribution in [2.45, 2.75) is 26.7 Å². The largest absolute Gasteiger partial charge is 0.494 e. The van der Waals surface area contributed by atoms with Gasteiger partial charge in [0.05, 0.1) is 18.3 Å². The third-order valence-electron chi connectivity index (χ3n) is 2.46. The molecule has 0 aromatic carbocycles. The van der Waals surface area contributed by atoms with E-state index in [9.17, 15) is 0 Å². The molecule has 0 saturated carbocycles. The lowest BCUT2D eigenvalue weighted by Gasteiger charge is -2.05. The zero-order valence-corrected chi connectivity index (χ0v) is 9.40. The van der Waals surface area contributed by atoms with Crippen LogP contribution in [0.15, 0.2) is 24.5 Å². The Bertz CT molecular complexity index is 460. The van der Waals surface area contributed by atoms with Crippen molar-refractivity contribution in [3.05, 3.63) is 30.1 Å². The molecule has 0 atom stereocenters. The molecular formula is C12H16N2O.